The van der Waals surface area contributed by atoms with Crippen molar-refractivity contribution in [2.45, 2.75) is 6.92 Å². The fourth-order valence-electron chi connectivity index (χ4n) is 2.38. The number of phenols is 1. The Morgan fingerprint density at radius 3 is 2.56 bits per heavy atom. The van der Waals surface area contributed by atoms with Crippen LogP contribution in [0.25, 0.3) is 6.08 Å². The van der Waals surface area contributed by atoms with Crippen molar-refractivity contribution in [3.8, 4) is 5.75 Å². The Morgan fingerprint density at radius 2 is 1.89 bits per heavy atom. The second kappa shape index (κ2) is 8.09. The van der Waals surface area contributed by atoms with E-state index in [1.165, 1.54) is 30.3 Å². The zero-order chi connectivity index (χ0) is 19.4. The van der Waals surface area contributed by atoms with E-state index in [-0.39, 0.29) is 28.7 Å². The number of aliphatic hydroxyl groups excluding tert-OH is 1. The highest BCUT2D eigenvalue weighted by Gasteiger charge is 2.33. The number of aliphatic hydroxyl groups is 1. The van der Waals surface area contributed by atoms with Crippen molar-refractivity contribution in [3.05, 3.63) is 76.1 Å². The van der Waals surface area contributed by atoms with Gasteiger partial charge in [0.05, 0.1) is 17.2 Å². The number of halogens is 1. The quantitative estimate of drug-likeness (QED) is 0.744. The number of hydrogen-bond donors (Lipinski definition) is 2. The van der Waals surface area contributed by atoms with Crippen LogP contribution in [-0.4, -0.2) is 27.8 Å². The number of carbonyl (C=O) groups is 1. The van der Waals surface area contributed by atoms with Crippen LogP contribution in [0.3, 0.4) is 0 Å². The first-order valence-corrected chi connectivity index (χ1v) is 8.94. The molecule has 0 atom stereocenters. The van der Waals surface area contributed by atoms with E-state index >= 15 is 0 Å². The molecule has 0 aromatic heterocycles. The Bertz CT molecular complexity index is 964. The lowest BCUT2D eigenvalue weighted by Crippen LogP contribution is -2.12. The fourth-order valence-corrected chi connectivity index (χ4v) is 3.40. The summed E-state index contributed by atoms with van der Waals surface area (Å²) >= 11 is 1.06. The molecule has 0 saturated carbocycles. The number of hydrogen-bond acceptors (Lipinski definition) is 6. The number of aromatic hydroxyl groups is 1. The third kappa shape index (κ3) is 4.20. The van der Waals surface area contributed by atoms with Gasteiger partial charge in [-0.2, -0.15) is 0 Å². The Morgan fingerprint density at radius 1 is 1.19 bits per heavy atom. The smallest absolute Gasteiger partial charge is 0.344 e. The number of nitrogens with zero attached hydrogens (tertiary/aromatic N) is 1. The number of benzene rings is 2. The summed E-state index contributed by atoms with van der Waals surface area (Å²) in [4.78, 5) is 17.0. The lowest BCUT2D eigenvalue weighted by atomic mass is 10.1. The maximum absolute atomic E-state index is 13.1. The van der Waals surface area contributed by atoms with Crippen LogP contribution < -0.4 is 0 Å². The van der Waals surface area contributed by atoms with Crippen LogP contribution in [0.5, 0.6) is 5.75 Å². The molecule has 0 aliphatic carbocycles. The van der Waals surface area contributed by atoms with Gasteiger partial charge in [0.1, 0.15) is 27.9 Å². The summed E-state index contributed by atoms with van der Waals surface area (Å²) in [6.45, 7) is 1.80. The average Bonchev–Trinajstić information content (AvgIpc) is 2.94. The van der Waals surface area contributed by atoms with Crippen molar-refractivity contribution in [2.75, 3.05) is 6.61 Å². The molecule has 0 radical (unpaired) electrons. The summed E-state index contributed by atoms with van der Waals surface area (Å²) in [6.07, 6.45) is 1.56. The zero-order valence-corrected chi connectivity index (χ0v) is 15.2. The van der Waals surface area contributed by atoms with Gasteiger partial charge in [-0.25, -0.2) is 14.2 Å². The predicted molar refractivity (Wildman–Crippen MR) is 103 cm³/mol. The molecular formula is C20H16FNO4S. The van der Waals surface area contributed by atoms with Crippen LogP contribution >= 0.6 is 11.8 Å². The number of rotatable bonds is 4. The summed E-state index contributed by atoms with van der Waals surface area (Å²) in [5.74, 6) is -1.34. The van der Waals surface area contributed by atoms with Crippen molar-refractivity contribution >= 4 is 34.5 Å². The summed E-state index contributed by atoms with van der Waals surface area (Å²) < 4.78 is 18.1. The molecule has 0 fully saturated rings. The van der Waals surface area contributed by atoms with Gasteiger partial charge in [0.15, 0.2) is 0 Å². The number of thioether (sulfide) groups is 1. The second-order valence-electron chi connectivity index (χ2n) is 5.51. The monoisotopic (exact) mass is 385 g/mol. The molecule has 2 aromatic rings. The highest BCUT2D eigenvalue weighted by atomic mass is 32.2. The minimum absolute atomic E-state index is 0.0417. The number of aliphatic imine (C=N–C) groups is 1. The minimum atomic E-state index is -0.705. The molecule has 0 saturated heterocycles. The van der Waals surface area contributed by atoms with Crippen molar-refractivity contribution in [1.29, 1.82) is 0 Å². The number of carbonyl (C=O) groups excluding carboxylic acids is 1. The van der Waals surface area contributed by atoms with Gasteiger partial charge in [-0.1, -0.05) is 30.0 Å². The van der Waals surface area contributed by atoms with E-state index in [0.717, 1.165) is 11.8 Å². The SMILES string of the molecule is CCOC(=O)C1=C(O)C(=Cc2ccccc2O)SC1=Nc1ccc(F)cc1. The molecule has 1 aliphatic rings. The van der Waals surface area contributed by atoms with Crippen LogP contribution in [0.15, 0.2) is 69.8 Å². The van der Waals surface area contributed by atoms with Gasteiger partial charge in [0.2, 0.25) is 0 Å². The van der Waals surface area contributed by atoms with E-state index in [2.05, 4.69) is 4.99 Å². The normalized spacial score (nSPS) is 17.0. The third-order valence-electron chi connectivity index (χ3n) is 3.65. The summed E-state index contributed by atoms with van der Waals surface area (Å²) in [5, 5.41) is 20.7. The van der Waals surface area contributed by atoms with Gasteiger partial charge < -0.3 is 14.9 Å². The van der Waals surface area contributed by atoms with Crippen molar-refractivity contribution in [3.63, 3.8) is 0 Å². The summed E-state index contributed by atoms with van der Waals surface area (Å²) in [6, 6.07) is 12.1. The van der Waals surface area contributed by atoms with Crippen LogP contribution in [-0.2, 0) is 9.53 Å². The molecule has 0 amide bonds. The molecule has 1 heterocycles. The maximum atomic E-state index is 13.1. The number of para-hydroxylation sites is 1. The number of esters is 1. The lowest BCUT2D eigenvalue weighted by Gasteiger charge is -2.03. The summed E-state index contributed by atoms with van der Waals surface area (Å²) in [5.41, 5.74) is 0.850. The molecule has 7 heteroatoms. The number of ether oxygens (including phenoxy) is 1. The molecule has 2 N–H and O–H groups in total. The lowest BCUT2D eigenvalue weighted by molar-refractivity contribution is -0.138. The molecule has 0 bridgehead atoms. The van der Waals surface area contributed by atoms with E-state index in [4.69, 9.17) is 4.74 Å². The summed E-state index contributed by atoms with van der Waals surface area (Å²) in [7, 11) is 0. The van der Waals surface area contributed by atoms with Crippen molar-refractivity contribution < 1.29 is 24.1 Å². The third-order valence-corrected chi connectivity index (χ3v) is 4.67. The Balaban J connectivity index is 2.05. The molecule has 1 aliphatic heterocycles. The molecule has 3 rings (SSSR count). The minimum Gasteiger partial charge on any atom is -0.507 e. The first-order chi connectivity index (χ1) is 13.0. The average molecular weight is 385 g/mol. The van der Waals surface area contributed by atoms with E-state index in [1.54, 1.807) is 31.2 Å². The van der Waals surface area contributed by atoms with Crippen LogP contribution in [0.4, 0.5) is 10.1 Å². The standard InChI is InChI=1S/C20H16FNO4S/c1-2-26-20(25)17-18(24)16(11-12-5-3-4-6-15(12)23)27-19(17)22-14-9-7-13(21)8-10-14/h3-11,23-24H,2H2,1H3. The van der Waals surface area contributed by atoms with Crippen LogP contribution in [0, 0.1) is 5.82 Å². The molecular weight excluding hydrogens is 369 g/mol. The largest absolute Gasteiger partial charge is 0.507 e. The first-order valence-electron chi connectivity index (χ1n) is 8.12. The van der Waals surface area contributed by atoms with E-state index in [9.17, 15) is 19.4 Å². The molecule has 2 aromatic carbocycles. The topological polar surface area (TPSA) is 79.1 Å². The number of phenolic OH excluding ortho intramolecular Hbond substituents is 1. The van der Waals surface area contributed by atoms with Gasteiger partial charge in [-0.05, 0) is 43.3 Å². The predicted octanol–water partition coefficient (Wildman–Crippen LogP) is 4.72. The molecule has 138 valence electrons. The molecule has 0 unspecified atom stereocenters. The van der Waals surface area contributed by atoms with Gasteiger partial charge >= 0.3 is 5.97 Å². The zero-order valence-electron chi connectivity index (χ0n) is 14.3. The van der Waals surface area contributed by atoms with E-state index in [0.29, 0.717) is 16.2 Å². The van der Waals surface area contributed by atoms with Crippen LogP contribution in [0.1, 0.15) is 12.5 Å². The van der Waals surface area contributed by atoms with Crippen molar-refractivity contribution in [1.82, 2.24) is 0 Å². The Kier molecular flexibility index (Phi) is 5.61. The van der Waals surface area contributed by atoms with Crippen LogP contribution in [0.2, 0.25) is 0 Å². The van der Waals surface area contributed by atoms with Gasteiger partial charge in [0.25, 0.3) is 0 Å². The van der Waals surface area contributed by atoms with E-state index in [1.807, 2.05) is 0 Å². The van der Waals surface area contributed by atoms with E-state index < -0.39 is 11.8 Å². The van der Waals surface area contributed by atoms with Gasteiger partial charge in [0, 0.05) is 5.56 Å². The van der Waals surface area contributed by atoms with Gasteiger partial charge in [-0.15, -0.1) is 0 Å². The first kappa shape index (κ1) is 18.7. The maximum Gasteiger partial charge on any atom is 0.344 e. The Hall–Kier alpha value is -3.06. The van der Waals surface area contributed by atoms with Gasteiger partial charge in [-0.3, -0.25) is 0 Å². The van der Waals surface area contributed by atoms with Crippen molar-refractivity contribution in [2.24, 2.45) is 4.99 Å². The second-order valence-corrected chi connectivity index (χ2v) is 6.54. The molecule has 27 heavy (non-hydrogen) atoms. The Labute approximate surface area is 159 Å². The highest BCUT2D eigenvalue weighted by molar-refractivity contribution is 8.18. The highest BCUT2D eigenvalue weighted by Crippen LogP contribution is 2.40. The molecule has 5 nitrogen and oxygen atoms in total. The fraction of sp³-hybridized carbons (Fsp3) is 0.100. The molecule has 0 spiro atoms.